The molecule has 0 saturated heterocycles. The van der Waals surface area contributed by atoms with Crippen LogP contribution in [0.2, 0.25) is 5.02 Å². The van der Waals surface area contributed by atoms with Gasteiger partial charge in [-0.15, -0.1) is 0 Å². The van der Waals surface area contributed by atoms with Gasteiger partial charge in [0.05, 0.1) is 35.1 Å². The number of methoxy groups -OCH3 is 1. The van der Waals surface area contributed by atoms with Crippen LogP contribution in [0.3, 0.4) is 0 Å². The van der Waals surface area contributed by atoms with Crippen LogP contribution < -0.4 is 4.74 Å². The molecule has 9 heteroatoms. The van der Waals surface area contributed by atoms with E-state index in [9.17, 15) is 22.7 Å². The average molecular weight is 437 g/mol. The first-order valence-corrected chi connectivity index (χ1v) is 8.98. The van der Waals surface area contributed by atoms with Gasteiger partial charge in [0.1, 0.15) is 5.75 Å². The molecule has 0 radical (unpaired) electrons. The Kier molecular flexibility index (Phi) is 4.82. The molecule has 1 N–H and O–H groups in total. The van der Waals surface area contributed by atoms with E-state index < -0.39 is 23.3 Å². The average Bonchev–Trinajstić information content (AvgIpc) is 3.12. The van der Waals surface area contributed by atoms with Crippen LogP contribution in [0, 0.1) is 5.82 Å². The van der Waals surface area contributed by atoms with Crippen molar-refractivity contribution in [2.75, 3.05) is 7.11 Å². The Morgan fingerprint density at radius 2 is 1.73 bits per heavy atom. The van der Waals surface area contributed by atoms with Crippen molar-refractivity contribution in [1.82, 2.24) is 9.78 Å². The van der Waals surface area contributed by atoms with Gasteiger partial charge in [-0.2, -0.15) is 18.3 Å². The molecule has 1 heterocycles. The first kappa shape index (κ1) is 20.0. The van der Waals surface area contributed by atoms with Crippen LogP contribution in [0.15, 0.2) is 54.7 Å². The van der Waals surface area contributed by atoms with Crippen molar-refractivity contribution in [1.29, 1.82) is 0 Å². The fraction of sp³-hybridized carbons (Fsp3) is 0.0952. The van der Waals surface area contributed by atoms with Gasteiger partial charge in [-0.05, 0) is 41.5 Å². The second kappa shape index (κ2) is 7.21. The van der Waals surface area contributed by atoms with Gasteiger partial charge in [0.25, 0.3) is 0 Å². The lowest BCUT2D eigenvalue weighted by Gasteiger charge is -2.12. The Labute approximate surface area is 172 Å². The molecule has 0 saturated carbocycles. The number of phenols is 1. The number of ether oxygens (including phenoxy) is 1. The molecule has 4 rings (SSSR count). The molecule has 0 aliphatic carbocycles. The van der Waals surface area contributed by atoms with Crippen molar-refractivity contribution < 1.29 is 27.4 Å². The third-order valence-corrected chi connectivity index (χ3v) is 4.94. The maximum Gasteiger partial charge on any atom is 0.419 e. The molecule has 0 atom stereocenters. The molecule has 0 spiro atoms. The highest BCUT2D eigenvalue weighted by Gasteiger charge is 2.36. The molecule has 154 valence electrons. The zero-order valence-electron chi connectivity index (χ0n) is 15.3. The standard InChI is InChI=1S/C21H13ClF4N2O2/c1-30-19-5-3-12(7-16(19)22)11-2-4-17-13(6-11)10-27-28(17)14-8-15(21(24,25)26)20(23)18(29)9-14/h2-10,29H,1H3. The summed E-state index contributed by atoms with van der Waals surface area (Å²) >= 11 is 6.17. The van der Waals surface area contributed by atoms with E-state index in [1.165, 1.54) is 18.0 Å². The third-order valence-electron chi connectivity index (χ3n) is 4.64. The number of nitrogens with zero attached hydrogens (tertiary/aromatic N) is 2. The van der Waals surface area contributed by atoms with E-state index in [0.29, 0.717) is 27.7 Å². The van der Waals surface area contributed by atoms with Gasteiger partial charge in [-0.1, -0.05) is 23.7 Å². The predicted molar refractivity (Wildman–Crippen MR) is 105 cm³/mol. The Morgan fingerprint density at radius 3 is 2.40 bits per heavy atom. The first-order chi connectivity index (χ1) is 14.2. The highest BCUT2D eigenvalue weighted by atomic mass is 35.5. The van der Waals surface area contributed by atoms with Crippen molar-refractivity contribution >= 4 is 22.5 Å². The Bertz CT molecular complexity index is 1270. The van der Waals surface area contributed by atoms with Crippen LogP contribution in [0.25, 0.3) is 27.7 Å². The molecule has 0 aliphatic rings. The smallest absolute Gasteiger partial charge is 0.419 e. The molecule has 0 unspecified atom stereocenters. The predicted octanol–water partition coefficient (Wildman–Crippen LogP) is 6.22. The van der Waals surface area contributed by atoms with Gasteiger partial charge < -0.3 is 9.84 Å². The lowest BCUT2D eigenvalue weighted by Crippen LogP contribution is -2.10. The quantitative estimate of drug-likeness (QED) is 0.388. The van der Waals surface area contributed by atoms with Gasteiger partial charge in [0.2, 0.25) is 0 Å². The van der Waals surface area contributed by atoms with E-state index in [0.717, 1.165) is 17.2 Å². The number of fused-ring (bicyclic) bond motifs is 1. The fourth-order valence-electron chi connectivity index (χ4n) is 3.19. The zero-order valence-corrected chi connectivity index (χ0v) is 16.1. The molecule has 0 fully saturated rings. The molecule has 0 aliphatic heterocycles. The summed E-state index contributed by atoms with van der Waals surface area (Å²) in [4.78, 5) is 0. The summed E-state index contributed by atoms with van der Waals surface area (Å²) in [6.07, 6.45) is -3.49. The molecule has 4 aromatic rings. The number of phenolic OH excluding ortho intramolecular Hbond substituents is 1. The summed E-state index contributed by atoms with van der Waals surface area (Å²) in [6, 6.07) is 12.0. The lowest BCUT2D eigenvalue weighted by atomic mass is 10.0. The molecule has 0 bridgehead atoms. The molecular weight excluding hydrogens is 424 g/mol. The minimum Gasteiger partial charge on any atom is -0.505 e. The minimum absolute atomic E-state index is 0.114. The topological polar surface area (TPSA) is 47.3 Å². The van der Waals surface area contributed by atoms with Crippen molar-refractivity contribution in [3.05, 3.63) is 71.1 Å². The van der Waals surface area contributed by atoms with E-state index in [1.54, 1.807) is 30.3 Å². The number of alkyl halides is 3. The van der Waals surface area contributed by atoms with Crippen molar-refractivity contribution in [3.63, 3.8) is 0 Å². The maximum atomic E-state index is 13.7. The van der Waals surface area contributed by atoms with Crippen LogP contribution in [-0.2, 0) is 6.18 Å². The second-order valence-electron chi connectivity index (χ2n) is 6.50. The molecule has 0 amide bonds. The highest BCUT2D eigenvalue weighted by Crippen LogP contribution is 2.37. The van der Waals surface area contributed by atoms with Gasteiger partial charge in [0.15, 0.2) is 11.6 Å². The number of aromatic hydroxyl groups is 1. The highest BCUT2D eigenvalue weighted by molar-refractivity contribution is 6.32. The number of rotatable bonds is 3. The van der Waals surface area contributed by atoms with Gasteiger partial charge in [0, 0.05) is 11.5 Å². The summed E-state index contributed by atoms with van der Waals surface area (Å²) in [7, 11) is 1.51. The lowest BCUT2D eigenvalue weighted by molar-refractivity contribution is -0.140. The van der Waals surface area contributed by atoms with Gasteiger partial charge in [-0.25, -0.2) is 9.07 Å². The van der Waals surface area contributed by atoms with E-state index in [1.807, 2.05) is 6.07 Å². The van der Waals surface area contributed by atoms with Crippen molar-refractivity contribution in [2.24, 2.45) is 0 Å². The van der Waals surface area contributed by atoms with Gasteiger partial charge >= 0.3 is 6.18 Å². The minimum atomic E-state index is -4.96. The van der Waals surface area contributed by atoms with Crippen LogP contribution in [-0.4, -0.2) is 22.0 Å². The number of halogens is 5. The van der Waals surface area contributed by atoms with E-state index in [4.69, 9.17) is 16.3 Å². The third kappa shape index (κ3) is 3.43. The van der Waals surface area contributed by atoms with Crippen LogP contribution in [0.4, 0.5) is 17.6 Å². The van der Waals surface area contributed by atoms with Crippen LogP contribution >= 0.6 is 11.6 Å². The second-order valence-corrected chi connectivity index (χ2v) is 6.91. The summed E-state index contributed by atoms with van der Waals surface area (Å²) in [5, 5.41) is 14.8. The maximum absolute atomic E-state index is 13.7. The largest absolute Gasteiger partial charge is 0.505 e. The summed E-state index contributed by atoms with van der Waals surface area (Å²) in [5.74, 6) is -2.29. The zero-order chi connectivity index (χ0) is 21.6. The molecule has 4 nitrogen and oxygen atoms in total. The van der Waals surface area contributed by atoms with Crippen LogP contribution in [0.5, 0.6) is 11.5 Å². The first-order valence-electron chi connectivity index (χ1n) is 8.61. The number of benzene rings is 3. The Hall–Kier alpha value is -3.26. The molecular formula is C21H13ClF4N2O2. The Morgan fingerprint density at radius 1 is 1.03 bits per heavy atom. The van der Waals surface area contributed by atoms with Crippen LogP contribution in [0.1, 0.15) is 5.56 Å². The van der Waals surface area contributed by atoms with Crippen molar-refractivity contribution in [3.8, 4) is 28.3 Å². The molecule has 3 aromatic carbocycles. The van der Waals surface area contributed by atoms with Crippen molar-refractivity contribution in [2.45, 2.75) is 6.18 Å². The Balaban J connectivity index is 1.80. The summed E-state index contributed by atoms with van der Waals surface area (Å²) < 4.78 is 59.4. The monoisotopic (exact) mass is 436 g/mol. The van der Waals surface area contributed by atoms with E-state index >= 15 is 0 Å². The SMILES string of the molecule is COc1ccc(-c2ccc3c(cnn3-c3cc(O)c(F)c(C(F)(F)F)c3)c2)cc1Cl. The number of hydrogen-bond acceptors (Lipinski definition) is 3. The number of hydrogen-bond donors (Lipinski definition) is 1. The molecule has 30 heavy (non-hydrogen) atoms. The normalized spacial score (nSPS) is 11.8. The number of aromatic nitrogens is 2. The fourth-order valence-corrected chi connectivity index (χ4v) is 3.44. The van der Waals surface area contributed by atoms with Gasteiger partial charge in [-0.3, -0.25) is 0 Å². The summed E-state index contributed by atoms with van der Waals surface area (Å²) in [5.41, 5.74) is 0.429. The van der Waals surface area contributed by atoms with E-state index in [-0.39, 0.29) is 5.69 Å². The molecule has 1 aromatic heterocycles. The van der Waals surface area contributed by atoms with E-state index in [2.05, 4.69) is 5.10 Å². The summed E-state index contributed by atoms with van der Waals surface area (Å²) in [6.45, 7) is 0.